The molecular formula is C4H8S12. The molecule has 0 bridgehead atoms. The lowest BCUT2D eigenvalue weighted by Gasteiger charge is -1.59. The van der Waals surface area contributed by atoms with E-state index in [0.717, 1.165) is 0 Å². The van der Waals surface area contributed by atoms with E-state index < -0.39 is 0 Å². The van der Waals surface area contributed by atoms with Crippen molar-refractivity contribution in [2.75, 3.05) is 0 Å². The molecule has 0 aliphatic heterocycles. The summed E-state index contributed by atoms with van der Waals surface area (Å²) in [5.74, 6) is 0. The van der Waals surface area contributed by atoms with Crippen molar-refractivity contribution in [2.45, 2.75) is 0 Å². The first-order valence-corrected chi connectivity index (χ1v) is 7.82. The minimum absolute atomic E-state index is 0.389. The molecule has 0 saturated heterocycles. The SMILES string of the molecule is S=C(S)S.S=C(S)S.S=C(S)S.S=C(S)S. The Morgan fingerprint density at radius 2 is 0.375 bits per heavy atom. The molecule has 0 unspecified atom stereocenters. The van der Waals surface area contributed by atoms with Crippen LogP contribution in [0.1, 0.15) is 0 Å². The number of hydrogen-bond acceptors (Lipinski definition) is 4. The summed E-state index contributed by atoms with van der Waals surface area (Å²) in [6, 6.07) is 0. The Balaban J connectivity index is -0.0000000600. The third kappa shape index (κ3) is 449. The normalized spacial score (nSPS) is 6.50. The summed E-state index contributed by atoms with van der Waals surface area (Å²) < 4.78 is 1.56. The fourth-order valence-corrected chi connectivity index (χ4v) is 0. The van der Waals surface area contributed by atoms with Crippen LogP contribution < -0.4 is 0 Å². The van der Waals surface area contributed by atoms with Crippen molar-refractivity contribution in [1.29, 1.82) is 0 Å². The van der Waals surface area contributed by atoms with Gasteiger partial charge in [0.25, 0.3) is 0 Å². The second-order valence-corrected chi connectivity index (χ2v) is 10.2. The molecular weight excluding hydrogens is 433 g/mol. The fraction of sp³-hybridized carbons (Fsp3) is 0. The van der Waals surface area contributed by atoms with Crippen molar-refractivity contribution in [3.63, 3.8) is 0 Å². The number of rotatable bonds is 0. The number of thiol groups is 8. The molecule has 12 heteroatoms. The largest absolute Gasteiger partial charge is 0.125 e. The second kappa shape index (κ2) is 23.3. The molecule has 0 fully saturated rings. The molecule has 0 aromatic carbocycles. The van der Waals surface area contributed by atoms with Crippen LogP contribution in [0.4, 0.5) is 0 Å². The highest BCUT2D eigenvalue weighted by molar-refractivity contribution is 8.35. The van der Waals surface area contributed by atoms with Crippen LogP contribution in [0.2, 0.25) is 0 Å². The van der Waals surface area contributed by atoms with Gasteiger partial charge in [-0.3, -0.25) is 0 Å². The van der Waals surface area contributed by atoms with Crippen molar-refractivity contribution in [1.82, 2.24) is 0 Å². The zero-order valence-corrected chi connectivity index (χ0v) is 17.6. The molecule has 0 N–H and O–H groups in total. The number of thiocarbonyl (C=S) groups is 4. The third-order valence-corrected chi connectivity index (χ3v) is 0. The molecule has 0 aromatic heterocycles. The van der Waals surface area contributed by atoms with Gasteiger partial charge in [-0.15, -0.1) is 101 Å². The van der Waals surface area contributed by atoms with Crippen LogP contribution >= 0.6 is 150 Å². The van der Waals surface area contributed by atoms with Crippen molar-refractivity contribution >= 4 is 164 Å². The summed E-state index contributed by atoms with van der Waals surface area (Å²) in [5, 5.41) is 0. The Labute approximate surface area is 162 Å². The highest BCUT2D eigenvalue weighted by Gasteiger charge is 1.59. The predicted molar refractivity (Wildman–Crippen MR) is 122 cm³/mol. The monoisotopic (exact) mass is 440 g/mol. The van der Waals surface area contributed by atoms with Gasteiger partial charge in [0, 0.05) is 0 Å². The van der Waals surface area contributed by atoms with Gasteiger partial charge in [-0.2, -0.15) is 0 Å². The molecule has 0 amide bonds. The fourth-order valence-electron chi connectivity index (χ4n) is 0. The average molecular weight is 441 g/mol. The van der Waals surface area contributed by atoms with Crippen LogP contribution in [0.15, 0.2) is 0 Å². The van der Waals surface area contributed by atoms with Crippen molar-refractivity contribution in [3.05, 3.63) is 0 Å². The van der Waals surface area contributed by atoms with E-state index in [2.05, 4.69) is 150 Å². The Morgan fingerprint density at radius 1 is 0.375 bits per heavy atom. The highest BCUT2D eigenvalue weighted by atomic mass is 32.2. The van der Waals surface area contributed by atoms with E-state index in [1.165, 1.54) is 0 Å². The lowest BCUT2D eigenvalue weighted by molar-refractivity contribution is 4.26. The maximum atomic E-state index is 4.27. The maximum Gasteiger partial charge on any atom is 0.0976 e. The van der Waals surface area contributed by atoms with Crippen molar-refractivity contribution < 1.29 is 0 Å². The van der Waals surface area contributed by atoms with Crippen LogP contribution in [0.3, 0.4) is 0 Å². The maximum absolute atomic E-state index is 4.27. The van der Waals surface area contributed by atoms with Crippen LogP contribution in [0.25, 0.3) is 0 Å². The number of hydrogen-bond donors (Lipinski definition) is 8. The van der Waals surface area contributed by atoms with E-state index >= 15 is 0 Å². The van der Waals surface area contributed by atoms with E-state index in [4.69, 9.17) is 0 Å². The first kappa shape index (κ1) is 27.5. The minimum Gasteiger partial charge on any atom is -0.125 e. The molecule has 0 aliphatic rings. The second-order valence-electron chi connectivity index (χ2n) is 1.13. The molecule has 0 heterocycles. The van der Waals surface area contributed by atoms with E-state index in [-0.39, 0.29) is 0 Å². The predicted octanol–water partition coefficient (Wildman–Crippen LogP) is 4.52. The first-order valence-electron chi connectivity index (χ1n) is 2.61. The zero-order chi connectivity index (χ0) is 14.3. The lowest BCUT2D eigenvalue weighted by atomic mass is 11.9. The molecule has 0 atom stereocenters. The van der Waals surface area contributed by atoms with Gasteiger partial charge in [-0.1, -0.05) is 48.9 Å². The molecule has 0 nitrogen and oxygen atoms in total. The molecule has 0 aromatic rings. The van der Waals surface area contributed by atoms with Gasteiger partial charge in [0.1, 0.15) is 0 Å². The van der Waals surface area contributed by atoms with Crippen LogP contribution in [-0.2, 0) is 0 Å². The van der Waals surface area contributed by atoms with Crippen LogP contribution in [0, 0.1) is 0 Å². The quantitative estimate of drug-likeness (QED) is 0.206. The summed E-state index contributed by atoms with van der Waals surface area (Å²) >= 11 is 45.6. The lowest BCUT2D eigenvalue weighted by Crippen LogP contribution is -1.46. The molecule has 0 radical (unpaired) electrons. The molecule has 96 valence electrons. The Bertz CT molecular complexity index is 153. The standard InChI is InChI=1S/4CH2S3/c4*2-1(3)4/h4*(H2,2,3,4). The Kier molecular flexibility index (Phi) is 40.0. The summed E-state index contributed by atoms with van der Waals surface area (Å²) in [5.41, 5.74) is 0. The first-order chi connectivity index (χ1) is 6.93. The van der Waals surface area contributed by atoms with Gasteiger partial charge >= 0.3 is 0 Å². The Hall–Kier alpha value is 3.16. The van der Waals surface area contributed by atoms with Crippen molar-refractivity contribution in [3.8, 4) is 0 Å². The summed E-state index contributed by atoms with van der Waals surface area (Å²) in [7, 11) is 0. The van der Waals surface area contributed by atoms with Gasteiger partial charge < -0.3 is 0 Å². The average Bonchev–Trinajstić information content (AvgIpc) is 1.76. The molecule has 0 aliphatic carbocycles. The highest BCUT2D eigenvalue weighted by Crippen LogP contribution is 1.85. The summed E-state index contributed by atoms with van der Waals surface area (Å²) in [4.78, 5) is 0. The summed E-state index contributed by atoms with van der Waals surface area (Å²) in [6.07, 6.45) is 0. The minimum atomic E-state index is 0.389. The van der Waals surface area contributed by atoms with Gasteiger partial charge in [-0.25, -0.2) is 0 Å². The van der Waals surface area contributed by atoms with E-state index in [1.54, 1.807) is 0 Å². The zero-order valence-electron chi connectivity index (χ0n) is 7.21. The molecule has 16 heavy (non-hydrogen) atoms. The van der Waals surface area contributed by atoms with Crippen LogP contribution in [0.5, 0.6) is 0 Å². The van der Waals surface area contributed by atoms with Gasteiger partial charge in [-0.05, 0) is 0 Å². The third-order valence-electron chi connectivity index (χ3n) is 0. The van der Waals surface area contributed by atoms with E-state index in [9.17, 15) is 0 Å². The van der Waals surface area contributed by atoms with Crippen molar-refractivity contribution in [2.24, 2.45) is 0 Å². The Morgan fingerprint density at radius 3 is 0.375 bits per heavy atom. The topological polar surface area (TPSA) is 0 Å². The van der Waals surface area contributed by atoms with Gasteiger partial charge in [0.2, 0.25) is 0 Å². The molecule has 0 rings (SSSR count). The van der Waals surface area contributed by atoms with E-state index in [0.29, 0.717) is 14.1 Å². The van der Waals surface area contributed by atoms with E-state index in [1.807, 2.05) is 0 Å². The smallest absolute Gasteiger partial charge is 0.0976 e. The van der Waals surface area contributed by atoms with Gasteiger partial charge in [0.15, 0.2) is 0 Å². The molecule has 0 spiro atoms. The molecule has 0 saturated carbocycles. The van der Waals surface area contributed by atoms with Crippen LogP contribution in [-0.4, -0.2) is 14.1 Å². The van der Waals surface area contributed by atoms with Gasteiger partial charge in [0.05, 0.1) is 14.1 Å². The summed E-state index contributed by atoms with van der Waals surface area (Å²) in [6.45, 7) is 0.